The fourth-order valence-electron chi connectivity index (χ4n) is 3.01. The van der Waals surface area contributed by atoms with E-state index in [1.54, 1.807) is 0 Å². The number of carbonyl (C=O) groups excluding carboxylic acids is 2. The number of fused-ring (bicyclic) bond motifs is 2. The highest BCUT2D eigenvalue weighted by atomic mass is 16.6. The molecule has 2 amide bonds. The number of ether oxygens (including phenoxy) is 1. The number of imide groups is 1. The minimum atomic E-state index is -0.463. The lowest BCUT2D eigenvalue weighted by molar-refractivity contribution is -0.134. The van der Waals surface area contributed by atoms with E-state index >= 15 is 0 Å². The van der Waals surface area contributed by atoms with Crippen molar-refractivity contribution >= 4 is 12.0 Å². The van der Waals surface area contributed by atoms with Crippen LogP contribution in [0.25, 0.3) is 0 Å². The van der Waals surface area contributed by atoms with Gasteiger partial charge in [-0.25, -0.2) is 9.69 Å². The Kier molecular flexibility index (Phi) is 2.23. The molecule has 16 heavy (non-hydrogen) atoms. The van der Waals surface area contributed by atoms with Gasteiger partial charge in [-0.05, 0) is 31.1 Å². The molecule has 86 valence electrons. The van der Waals surface area contributed by atoms with Gasteiger partial charge in [0.2, 0.25) is 5.91 Å². The molecule has 0 aromatic rings. The number of cyclic esters (lactones) is 1. The van der Waals surface area contributed by atoms with Gasteiger partial charge < -0.3 is 4.74 Å². The van der Waals surface area contributed by atoms with E-state index in [0.717, 1.165) is 12.8 Å². The van der Waals surface area contributed by atoms with Crippen LogP contribution in [0.15, 0.2) is 12.2 Å². The van der Waals surface area contributed by atoms with E-state index in [4.69, 9.17) is 4.74 Å². The van der Waals surface area contributed by atoms with Gasteiger partial charge in [0.15, 0.2) is 0 Å². The molecule has 2 fully saturated rings. The maximum Gasteiger partial charge on any atom is 0.416 e. The Balaban J connectivity index is 1.76. The number of hydrogen-bond acceptors (Lipinski definition) is 3. The van der Waals surface area contributed by atoms with Crippen molar-refractivity contribution in [2.45, 2.75) is 19.3 Å². The van der Waals surface area contributed by atoms with Crippen molar-refractivity contribution in [1.82, 2.24) is 4.90 Å². The van der Waals surface area contributed by atoms with E-state index < -0.39 is 6.09 Å². The quantitative estimate of drug-likeness (QED) is 0.631. The summed E-state index contributed by atoms with van der Waals surface area (Å²) in [5.41, 5.74) is 0. The Bertz CT molecular complexity index is 363. The molecule has 3 aliphatic carbocycles. The second-order valence-electron chi connectivity index (χ2n) is 4.83. The maximum absolute atomic E-state index is 12.2. The molecule has 2 bridgehead atoms. The molecule has 4 nitrogen and oxygen atoms in total. The summed E-state index contributed by atoms with van der Waals surface area (Å²) in [7, 11) is 0. The number of nitrogens with zero attached hydrogens (tertiary/aromatic N) is 1. The van der Waals surface area contributed by atoms with Gasteiger partial charge in [-0.1, -0.05) is 12.2 Å². The van der Waals surface area contributed by atoms with Crippen LogP contribution < -0.4 is 0 Å². The number of allylic oxidation sites excluding steroid dienone is 2. The topological polar surface area (TPSA) is 46.6 Å². The molecule has 0 spiro atoms. The molecule has 4 heteroatoms. The summed E-state index contributed by atoms with van der Waals surface area (Å²) in [6, 6.07) is 0. The highest BCUT2D eigenvalue weighted by Crippen LogP contribution is 2.41. The van der Waals surface area contributed by atoms with E-state index in [2.05, 4.69) is 12.2 Å². The molecule has 0 aromatic heterocycles. The van der Waals surface area contributed by atoms with Crippen LogP contribution in [-0.4, -0.2) is 30.1 Å². The standard InChI is InChI=1S/C12H15NO3/c14-11(13-5-6-16-12(13)15)10-7-8-1-3-9(10)4-2-8/h1,3,8-10H,2,4-7H2/t8-,9+,10+/m1/s1. The molecular weight excluding hydrogens is 206 g/mol. The monoisotopic (exact) mass is 221 g/mol. The van der Waals surface area contributed by atoms with Gasteiger partial charge >= 0.3 is 6.09 Å². The summed E-state index contributed by atoms with van der Waals surface area (Å²) in [6.07, 6.45) is 7.09. The van der Waals surface area contributed by atoms with Crippen molar-refractivity contribution in [3.63, 3.8) is 0 Å². The lowest BCUT2D eigenvalue weighted by Gasteiger charge is -2.37. The van der Waals surface area contributed by atoms with E-state index in [0.29, 0.717) is 25.0 Å². The first-order valence-electron chi connectivity index (χ1n) is 5.92. The Labute approximate surface area is 94.2 Å². The van der Waals surface area contributed by atoms with E-state index in [-0.39, 0.29) is 11.8 Å². The third kappa shape index (κ3) is 1.44. The highest BCUT2D eigenvalue weighted by molar-refractivity contribution is 5.94. The fraction of sp³-hybridized carbons (Fsp3) is 0.667. The molecule has 1 heterocycles. The van der Waals surface area contributed by atoms with Crippen LogP contribution in [0, 0.1) is 17.8 Å². The van der Waals surface area contributed by atoms with Crippen molar-refractivity contribution in [2.75, 3.05) is 13.2 Å². The third-order valence-corrected chi connectivity index (χ3v) is 3.92. The Hall–Kier alpha value is -1.32. The predicted molar refractivity (Wildman–Crippen MR) is 56.5 cm³/mol. The summed E-state index contributed by atoms with van der Waals surface area (Å²) in [5.74, 6) is 0.861. The van der Waals surface area contributed by atoms with Gasteiger partial charge in [0, 0.05) is 5.92 Å². The zero-order chi connectivity index (χ0) is 11.1. The van der Waals surface area contributed by atoms with Crippen molar-refractivity contribution in [1.29, 1.82) is 0 Å². The molecule has 0 aromatic carbocycles. The third-order valence-electron chi connectivity index (χ3n) is 3.92. The lowest BCUT2D eigenvalue weighted by Crippen LogP contribution is -2.43. The summed E-state index contributed by atoms with van der Waals surface area (Å²) in [6.45, 7) is 0.774. The van der Waals surface area contributed by atoms with Crippen LogP contribution in [0.2, 0.25) is 0 Å². The van der Waals surface area contributed by atoms with Crippen molar-refractivity contribution in [2.24, 2.45) is 17.8 Å². The molecule has 1 saturated heterocycles. The largest absolute Gasteiger partial charge is 0.447 e. The molecule has 0 unspecified atom stereocenters. The van der Waals surface area contributed by atoms with Gasteiger partial charge in [-0.15, -0.1) is 0 Å². The van der Waals surface area contributed by atoms with Crippen LogP contribution in [0.1, 0.15) is 19.3 Å². The van der Waals surface area contributed by atoms with Crippen LogP contribution in [0.4, 0.5) is 4.79 Å². The van der Waals surface area contributed by atoms with Crippen LogP contribution in [0.3, 0.4) is 0 Å². The normalized spacial score (nSPS) is 36.6. The van der Waals surface area contributed by atoms with Gasteiger partial charge in [0.1, 0.15) is 6.61 Å². The second kappa shape index (κ2) is 3.61. The van der Waals surface area contributed by atoms with Crippen molar-refractivity contribution in [3.8, 4) is 0 Å². The van der Waals surface area contributed by atoms with E-state index in [1.165, 1.54) is 11.3 Å². The minimum Gasteiger partial charge on any atom is -0.447 e. The lowest BCUT2D eigenvalue weighted by atomic mass is 9.68. The zero-order valence-electron chi connectivity index (χ0n) is 9.09. The maximum atomic E-state index is 12.2. The summed E-state index contributed by atoms with van der Waals surface area (Å²) in [4.78, 5) is 24.8. The van der Waals surface area contributed by atoms with Gasteiger partial charge in [-0.2, -0.15) is 0 Å². The minimum absolute atomic E-state index is 0.00870. The van der Waals surface area contributed by atoms with Crippen LogP contribution >= 0.6 is 0 Å². The summed E-state index contributed by atoms with van der Waals surface area (Å²) in [5, 5.41) is 0. The summed E-state index contributed by atoms with van der Waals surface area (Å²) >= 11 is 0. The smallest absolute Gasteiger partial charge is 0.416 e. The first-order valence-corrected chi connectivity index (χ1v) is 5.92. The Morgan fingerprint density at radius 1 is 1.38 bits per heavy atom. The first kappa shape index (κ1) is 9.87. The Morgan fingerprint density at radius 3 is 2.75 bits per heavy atom. The Morgan fingerprint density at radius 2 is 2.25 bits per heavy atom. The molecule has 4 rings (SSSR count). The number of amides is 2. The van der Waals surface area contributed by atoms with Crippen molar-refractivity contribution < 1.29 is 14.3 Å². The SMILES string of the molecule is O=C1OCCN1C(=O)[C@H]1C[C@@H]2C=C[C@H]1CC2. The predicted octanol–water partition coefficient (Wildman–Crippen LogP) is 1.57. The average molecular weight is 221 g/mol. The number of rotatable bonds is 1. The molecule has 0 radical (unpaired) electrons. The van der Waals surface area contributed by atoms with Crippen molar-refractivity contribution in [3.05, 3.63) is 12.2 Å². The summed E-state index contributed by atoms with van der Waals surface area (Å²) < 4.78 is 4.81. The van der Waals surface area contributed by atoms with E-state index in [9.17, 15) is 9.59 Å². The number of hydrogen-bond donors (Lipinski definition) is 0. The highest BCUT2D eigenvalue weighted by Gasteiger charge is 2.41. The molecule has 3 atom stereocenters. The van der Waals surface area contributed by atoms with Crippen LogP contribution in [0.5, 0.6) is 0 Å². The molecule has 1 aliphatic heterocycles. The van der Waals surface area contributed by atoms with Crippen LogP contribution in [-0.2, 0) is 9.53 Å². The average Bonchev–Trinajstić information content (AvgIpc) is 2.76. The number of carbonyl (C=O) groups is 2. The van der Waals surface area contributed by atoms with E-state index in [1.807, 2.05) is 0 Å². The molecule has 0 N–H and O–H groups in total. The van der Waals surface area contributed by atoms with Gasteiger partial charge in [0.05, 0.1) is 6.54 Å². The molecule has 1 saturated carbocycles. The molecular formula is C12H15NO3. The first-order chi connectivity index (χ1) is 7.75. The molecule has 4 aliphatic rings. The second-order valence-corrected chi connectivity index (χ2v) is 4.83. The van der Waals surface area contributed by atoms with Gasteiger partial charge in [-0.3, -0.25) is 4.79 Å². The fourth-order valence-corrected chi connectivity index (χ4v) is 3.01. The van der Waals surface area contributed by atoms with Gasteiger partial charge in [0.25, 0.3) is 0 Å². The zero-order valence-corrected chi connectivity index (χ0v) is 9.09.